The summed E-state index contributed by atoms with van der Waals surface area (Å²) in [6.45, 7) is 2.44. The van der Waals surface area contributed by atoms with Gasteiger partial charge in [0, 0.05) is 31.3 Å². The molecule has 0 aliphatic heterocycles. The number of pyridine rings is 1. The highest BCUT2D eigenvalue weighted by Crippen LogP contribution is 2.26. The molecule has 25 heavy (non-hydrogen) atoms. The standard InChI is InChI=1S/C17H20ClN5OS/c1-2-22(16(24)7-11-25-10-4-3-8-19)15-13-23(21-17(15)18)14-6-5-9-20-12-14/h5-6,9,12-13H,2-4,7,10-11H2,1H3. The van der Waals surface area contributed by atoms with Crippen molar-refractivity contribution in [2.45, 2.75) is 26.2 Å². The molecule has 0 aliphatic rings. The van der Waals surface area contributed by atoms with E-state index < -0.39 is 0 Å². The zero-order chi connectivity index (χ0) is 18.1. The van der Waals surface area contributed by atoms with Crippen molar-refractivity contribution in [1.29, 1.82) is 5.26 Å². The zero-order valence-electron chi connectivity index (χ0n) is 14.1. The van der Waals surface area contributed by atoms with Crippen LogP contribution in [0.25, 0.3) is 5.69 Å². The van der Waals surface area contributed by atoms with Gasteiger partial charge in [0.2, 0.25) is 5.91 Å². The van der Waals surface area contributed by atoms with E-state index >= 15 is 0 Å². The monoisotopic (exact) mass is 377 g/mol. The van der Waals surface area contributed by atoms with Crippen LogP contribution < -0.4 is 4.90 Å². The van der Waals surface area contributed by atoms with Crippen molar-refractivity contribution in [1.82, 2.24) is 14.8 Å². The Morgan fingerprint density at radius 1 is 1.48 bits per heavy atom. The van der Waals surface area contributed by atoms with E-state index in [2.05, 4.69) is 16.2 Å². The van der Waals surface area contributed by atoms with Crippen LogP contribution in [-0.4, -0.2) is 38.7 Å². The molecule has 132 valence electrons. The van der Waals surface area contributed by atoms with Crippen LogP contribution in [0.4, 0.5) is 5.69 Å². The van der Waals surface area contributed by atoms with Crippen LogP contribution in [0, 0.1) is 11.3 Å². The summed E-state index contributed by atoms with van der Waals surface area (Å²) >= 11 is 7.94. The first-order chi connectivity index (χ1) is 12.2. The Kier molecular flexibility index (Phi) is 7.76. The Hall–Kier alpha value is -2.04. The normalized spacial score (nSPS) is 10.4. The molecule has 0 aliphatic carbocycles. The van der Waals surface area contributed by atoms with Gasteiger partial charge in [-0.3, -0.25) is 9.78 Å². The summed E-state index contributed by atoms with van der Waals surface area (Å²) in [6, 6.07) is 5.81. The fourth-order valence-corrected chi connectivity index (χ4v) is 3.38. The molecule has 2 aromatic rings. The maximum absolute atomic E-state index is 12.5. The molecule has 0 atom stereocenters. The topological polar surface area (TPSA) is 74.8 Å². The Morgan fingerprint density at radius 2 is 2.32 bits per heavy atom. The molecule has 0 spiro atoms. The third kappa shape index (κ3) is 5.48. The Bertz CT molecular complexity index is 728. The number of hydrogen-bond donors (Lipinski definition) is 0. The Balaban J connectivity index is 1.99. The van der Waals surface area contributed by atoms with Gasteiger partial charge >= 0.3 is 0 Å². The molecule has 0 fully saturated rings. The number of anilines is 1. The van der Waals surface area contributed by atoms with E-state index in [-0.39, 0.29) is 5.91 Å². The van der Waals surface area contributed by atoms with Crippen LogP contribution in [0.1, 0.15) is 26.2 Å². The van der Waals surface area contributed by atoms with Gasteiger partial charge in [-0.1, -0.05) is 11.6 Å². The summed E-state index contributed by atoms with van der Waals surface area (Å²) < 4.78 is 1.62. The maximum Gasteiger partial charge on any atom is 0.227 e. The van der Waals surface area contributed by atoms with Crippen molar-refractivity contribution >= 4 is 35.0 Å². The fourth-order valence-electron chi connectivity index (χ4n) is 2.28. The van der Waals surface area contributed by atoms with Crippen molar-refractivity contribution in [3.05, 3.63) is 35.9 Å². The second kappa shape index (κ2) is 10.1. The molecular formula is C17H20ClN5OS. The fraction of sp³-hybridized carbons (Fsp3) is 0.412. The lowest BCUT2D eigenvalue weighted by Gasteiger charge is -2.19. The van der Waals surface area contributed by atoms with Crippen LogP contribution in [0.15, 0.2) is 30.7 Å². The Labute approximate surface area is 156 Å². The number of nitrogens with zero attached hydrogens (tertiary/aromatic N) is 5. The minimum Gasteiger partial charge on any atom is -0.308 e. The van der Waals surface area contributed by atoms with E-state index in [0.29, 0.717) is 30.2 Å². The zero-order valence-corrected chi connectivity index (χ0v) is 15.6. The Morgan fingerprint density at radius 3 is 3.00 bits per heavy atom. The van der Waals surface area contributed by atoms with E-state index in [4.69, 9.17) is 16.9 Å². The predicted octanol–water partition coefficient (Wildman–Crippen LogP) is 3.70. The number of aromatic nitrogens is 3. The molecule has 0 saturated heterocycles. The van der Waals surface area contributed by atoms with Crippen molar-refractivity contribution in [3.63, 3.8) is 0 Å². The SMILES string of the molecule is CCN(C(=O)CCSCCCC#N)c1cn(-c2cccnc2)nc1Cl. The predicted molar refractivity (Wildman–Crippen MR) is 101 cm³/mol. The lowest BCUT2D eigenvalue weighted by Crippen LogP contribution is -2.30. The van der Waals surface area contributed by atoms with Gasteiger partial charge in [-0.15, -0.1) is 0 Å². The third-order valence-electron chi connectivity index (χ3n) is 3.51. The number of halogens is 1. The molecule has 8 heteroatoms. The van der Waals surface area contributed by atoms with Crippen molar-refractivity contribution in [3.8, 4) is 11.8 Å². The molecule has 0 N–H and O–H groups in total. The van der Waals surface area contributed by atoms with Gasteiger partial charge in [0.15, 0.2) is 5.15 Å². The van der Waals surface area contributed by atoms with Crippen LogP contribution in [-0.2, 0) is 4.79 Å². The molecule has 0 saturated carbocycles. The quantitative estimate of drug-likeness (QED) is 0.623. The number of unbranched alkanes of at least 4 members (excludes halogenated alkanes) is 1. The van der Waals surface area contributed by atoms with Crippen molar-refractivity contribution in [2.75, 3.05) is 23.0 Å². The summed E-state index contributed by atoms with van der Waals surface area (Å²) in [6.07, 6.45) is 6.97. The maximum atomic E-state index is 12.5. The first-order valence-corrected chi connectivity index (χ1v) is 9.61. The molecule has 2 aromatic heterocycles. The number of hydrogen-bond acceptors (Lipinski definition) is 5. The van der Waals surface area contributed by atoms with Crippen LogP contribution >= 0.6 is 23.4 Å². The van der Waals surface area contributed by atoms with Crippen LogP contribution in [0.2, 0.25) is 5.15 Å². The second-order valence-corrected chi connectivity index (χ2v) is 6.81. The third-order valence-corrected chi connectivity index (χ3v) is 4.85. The van der Waals surface area contributed by atoms with Gasteiger partial charge in [-0.05, 0) is 31.2 Å². The largest absolute Gasteiger partial charge is 0.308 e. The van der Waals surface area contributed by atoms with Gasteiger partial charge in [-0.2, -0.15) is 22.1 Å². The molecule has 0 bridgehead atoms. The van der Waals surface area contributed by atoms with Gasteiger partial charge in [0.05, 0.1) is 24.2 Å². The number of thioether (sulfide) groups is 1. The molecule has 0 aromatic carbocycles. The second-order valence-electron chi connectivity index (χ2n) is 5.22. The molecule has 0 unspecified atom stereocenters. The van der Waals surface area contributed by atoms with E-state index in [1.54, 1.807) is 39.9 Å². The number of amides is 1. The van der Waals surface area contributed by atoms with Crippen LogP contribution in [0.5, 0.6) is 0 Å². The van der Waals surface area contributed by atoms with Gasteiger partial charge < -0.3 is 4.90 Å². The van der Waals surface area contributed by atoms with Crippen LogP contribution in [0.3, 0.4) is 0 Å². The highest BCUT2D eigenvalue weighted by Gasteiger charge is 2.20. The smallest absolute Gasteiger partial charge is 0.227 e. The van der Waals surface area contributed by atoms with Gasteiger partial charge in [-0.25, -0.2) is 4.68 Å². The van der Waals surface area contributed by atoms with Gasteiger partial charge in [0.25, 0.3) is 0 Å². The molecule has 1 amide bonds. The summed E-state index contributed by atoms with van der Waals surface area (Å²) in [7, 11) is 0. The van der Waals surface area contributed by atoms with E-state index in [0.717, 1.165) is 23.6 Å². The van der Waals surface area contributed by atoms with Crippen molar-refractivity contribution < 1.29 is 4.79 Å². The van der Waals surface area contributed by atoms with E-state index in [1.165, 1.54) is 0 Å². The van der Waals surface area contributed by atoms with E-state index in [9.17, 15) is 4.79 Å². The number of carbonyl (C=O) groups is 1. The lowest BCUT2D eigenvalue weighted by atomic mass is 10.3. The summed E-state index contributed by atoms with van der Waals surface area (Å²) in [5, 5.41) is 13.1. The first kappa shape index (κ1) is 19.3. The minimum absolute atomic E-state index is 0.0166. The molecule has 0 radical (unpaired) electrons. The minimum atomic E-state index is 0.0166. The average Bonchev–Trinajstić information content (AvgIpc) is 3.01. The molecule has 2 rings (SSSR count). The molecule has 6 nitrogen and oxygen atoms in total. The summed E-state index contributed by atoms with van der Waals surface area (Å²) in [5.41, 5.74) is 1.39. The number of carbonyl (C=O) groups excluding carboxylic acids is 1. The summed E-state index contributed by atoms with van der Waals surface area (Å²) in [4.78, 5) is 18.2. The summed E-state index contributed by atoms with van der Waals surface area (Å²) in [5.74, 6) is 1.64. The van der Waals surface area contributed by atoms with Crippen molar-refractivity contribution in [2.24, 2.45) is 0 Å². The molecular weight excluding hydrogens is 358 g/mol. The lowest BCUT2D eigenvalue weighted by molar-refractivity contribution is -0.118. The highest BCUT2D eigenvalue weighted by molar-refractivity contribution is 7.99. The average molecular weight is 378 g/mol. The first-order valence-electron chi connectivity index (χ1n) is 8.08. The molecule has 2 heterocycles. The number of rotatable bonds is 9. The highest BCUT2D eigenvalue weighted by atomic mass is 35.5. The van der Waals surface area contributed by atoms with E-state index in [1.807, 2.05) is 19.1 Å². The van der Waals surface area contributed by atoms with Gasteiger partial charge in [0.1, 0.15) is 5.69 Å². The number of nitriles is 1.